The van der Waals surface area contributed by atoms with Crippen LogP contribution in [0.1, 0.15) is 22.8 Å². The van der Waals surface area contributed by atoms with E-state index in [0.717, 1.165) is 24.3 Å². The molecule has 21 heavy (non-hydrogen) atoms. The molecule has 0 bridgehead atoms. The molecule has 0 spiro atoms. The van der Waals surface area contributed by atoms with E-state index in [1.165, 1.54) is 12.1 Å². The number of aliphatic hydroxyl groups is 1. The van der Waals surface area contributed by atoms with Crippen molar-refractivity contribution in [1.29, 1.82) is 0 Å². The molecule has 0 aliphatic heterocycles. The smallest absolute Gasteiger partial charge is 0.388 e. The summed E-state index contributed by atoms with van der Waals surface area (Å²) in [5, 5.41) is 9.90. The summed E-state index contributed by atoms with van der Waals surface area (Å²) in [4.78, 5) is 0. The average Bonchev–Trinajstić information content (AvgIpc) is 2.37. The normalized spacial score (nSPS) is 13.2. The summed E-state index contributed by atoms with van der Waals surface area (Å²) in [5.74, 6) is -1.73. The van der Waals surface area contributed by atoms with Gasteiger partial charge in [-0.3, -0.25) is 0 Å². The van der Waals surface area contributed by atoms with Crippen molar-refractivity contribution in [3.05, 3.63) is 70.8 Å². The summed E-state index contributed by atoms with van der Waals surface area (Å²) in [5.41, 5.74) is -0.790. The minimum atomic E-state index is -4.48. The molecule has 0 saturated carbocycles. The van der Waals surface area contributed by atoms with Crippen molar-refractivity contribution >= 4 is 0 Å². The predicted molar refractivity (Wildman–Crippen MR) is 66.5 cm³/mol. The molecule has 2 rings (SSSR count). The first-order chi connectivity index (χ1) is 9.77. The van der Waals surface area contributed by atoms with E-state index in [2.05, 4.69) is 0 Å². The van der Waals surface area contributed by atoms with Crippen molar-refractivity contribution in [2.45, 2.75) is 18.7 Å². The summed E-state index contributed by atoms with van der Waals surface area (Å²) in [7, 11) is 0. The highest BCUT2D eigenvalue weighted by Crippen LogP contribution is 2.30. The Labute approximate surface area is 117 Å². The fourth-order valence-electron chi connectivity index (χ4n) is 1.98. The van der Waals surface area contributed by atoms with E-state index in [4.69, 9.17) is 0 Å². The molecule has 1 unspecified atom stereocenters. The number of alkyl halides is 3. The van der Waals surface area contributed by atoms with Crippen molar-refractivity contribution in [2.24, 2.45) is 0 Å². The van der Waals surface area contributed by atoms with Crippen LogP contribution in [0.5, 0.6) is 0 Å². The summed E-state index contributed by atoms with van der Waals surface area (Å²) in [6.07, 6.45) is -6.04. The van der Waals surface area contributed by atoms with Crippen LogP contribution in [0, 0.1) is 11.6 Å². The van der Waals surface area contributed by atoms with Gasteiger partial charge in [-0.2, -0.15) is 13.2 Å². The van der Waals surface area contributed by atoms with E-state index in [1.54, 1.807) is 0 Å². The van der Waals surface area contributed by atoms with E-state index in [0.29, 0.717) is 6.07 Å². The molecule has 0 fully saturated rings. The van der Waals surface area contributed by atoms with Crippen molar-refractivity contribution in [3.8, 4) is 0 Å². The number of halogens is 5. The topological polar surface area (TPSA) is 20.2 Å². The fourth-order valence-corrected chi connectivity index (χ4v) is 1.98. The van der Waals surface area contributed by atoms with Gasteiger partial charge in [-0.05, 0) is 17.7 Å². The van der Waals surface area contributed by atoms with Gasteiger partial charge in [0.2, 0.25) is 0 Å². The van der Waals surface area contributed by atoms with Crippen molar-refractivity contribution < 1.29 is 27.1 Å². The summed E-state index contributed by atoms with van der Waals surface area (Å²) >= 11 is 0. The monoisotopic (exact) mass is 302 g/mol. The molecule has 2 aromatic carbocycles. The van der Waals surface area contributed by atoms with E-state index >= 15 is 0 Å². The van der Waals surface area contributed by atoms with E-state index in [1.807, 2.05) is 0 Å². The molecule has 0 aliphatic rings. The van der Waals surface area contributed by atoms with Crippen LogP contribution in [0.15, 0.2) is 42.5 Å². The lowest BCUT2D eigenvalue weighted by Gasteiger charge is -2.14. The van der Waals surface area contributed by atoms with Gasteiger partial charge in [0.15, 0.2) is 0 Å². The quantitative estimate of drug-likeness (QED) is 0.840. The van der Waals surface area contributed by atoms with Crippen LogP contribution in [-0.2, 0) is 12.6 Å². The molecular formula is C15H11F5O. The Balaban J connectivity index is 2.21. The first kappa shape index (κ1) is 15.4. The molecule has 0 heterocycles. The maximum absolute atomic E-state index is 13.5. The number of aliphatic hydroxyl groups excluding tert-OH is 1. The van der Waals surface area contributed by atoms with Gasteiger partial charge < -0.3 is 5.11 Å². The second-order valence-electron chi connectivity index (χ2n) is 4.58. The molecule has 6 heteroatoms. The van der Waals surface area contributed by atoms with Crippen LogP contribution in [0.3, 0.4) is 0 Å². The maximum Gasteiger partial charge on any atom is 0.416 e. The zero-order valence-electron chi connectivity index (χ0n) is 10.7. The lowest BCUT2D eigenvalue weighted by molar-refractivity contribution is -0.137. The molecule has 1 atom stereocenters. The molecule has 2 aromatic rings. The van der Waals surface area contributed by atoms with Crippen molar-refractivity contribution in [3.63, 3.8) is 0 Å². The van der Waals surface area contributed by atoms with E-state index < -0.39 is 29.5 Å². The van der Waals surface area contributed by atoms with Gasteiger partial charge in [-0.15, -0.1) is 0 Å². The minimum absolute atomic E-state index is 0.159. The van der Waals surface area contributed by atoms with E-state index in [-0.39, 0.29) is 17.5 Å². The highest BCUT2D eigenvalue weighted by atomic mass is 19.4. The molecule has 112 valence electrons. The average molecular weight is 302 g/mol. The Morgan fingerprint density at radius 3 is 2.33 bits per heavy atom. The zero-order chi connectivity index (χ0) is 15.6. The molecule has 1 N–H and O–H groups in total. The second-order valence-corrected chi connectivity index (χ2v) is 4.58. The summed E-state index contributed by atoms with van der Waals surface area (Å²) in [6.45, 7) is 0. The first-order valence-electron chi connectivity index (χ1n) is 6.06. The highest BCUT2D eigenvalue weighted by molar-refractivity contribution is 5.28. The van der Waals surface area contributed by atoms with Crippen LogP contribution in [-0.4, -0.2) is 5.11 Å². The molecule has 0 aromatic heterocycles. The fraction of sp³-hybridized carbons (Fsp3) is 0.200. The van der Waals surface area contributed by atoms with Gasteiger partial charge in [0, 0.05) is 18.1 Å². The number of hydrogen-bond acceptors (Lipinski definition) is 1. The molecule has 0 radical (unpaired) electrons. The van der Waals surface area contributed by atoms with Crippen LogP contribution in [0.2, 0.25) is 0 Å². The van der Waals surface area contributed by atoms with Gasteiger partial charge in [-0.25, -0.2) is 8.78 Å². The minimum Gasteiger partial charge on any atom is -0.388 e. The van der Waals surface area contributed by atoms with Gasteiger partial charge in [-0.1, -0.05) is 24.3 Å². The second kappa shape index (κ2) is 5.81. The van der Waals surface area contributed by atoms with Gasteiger partial charge in [0.05, 0.1) is 11.7 Å². The van der Waals surface area contributed by atoms with Crippen molar-refractivity contribution in [2.75, 3.05) is 0 Å². The summed E-state index contributed by atoms with van der Waals surface area (Å²) in [6, 6.07) is 7.09. The molecule has 1 nitrogen and oxygen atoms in total. The van der Waals surface area contributed by atoms with Crippen LogP contribution in [0.25, 0.3) is 0 Å². The van der Waals surface area contributed by atoms with Crippen LogP contribution < -0.4 is 0 Å². The third-order valence-corrected chi connectivity index (χ3v) is 3.00. The number of hydrogen-bond donors (Lipinski definition) is 1. The zero-order valence-corrected chi connectivity index (χ0v) is 10.7. The molecule has 0 saturated heterocycles. The lowest BCUT2D eigenvalue weighted by Crippen LogP contribution is -2.08. The van der Waals surface area contributed by atoms with Crippen molar-refractivity contribution in [1.82, 2.24) is 0 Å². The predicted octanol–water partition coefficient (Wildman–Crippen LogP) is 4.26. The third-order valence-electron chi connectivity index (χ3n) is 3.00. The van der Waals surface area contributed by atoms with Gasteiger partial charge in [0.25, 0.3) is 0 Å². The van der Waals surface area contributed by atoms with Crippen LogP contribution in [0.4, 0.5) is 22.0 Å². The standard InChI is InChI=1S/C15H11F5O/c16-11-4-5-12(13(17)8-11)14(21)7-9-2-1-3-10(6-9)15(18,19)20/h1-6,8,14,21H,7H2. The number of benzene rings is 2. The summed E-state index contributed by atoms with van der Waals surface area (Å²) < 4.78 is 64.0. The van der Waals surface area contributed by atoms with Gasteiger partial charge >= 0.3 is 6.18 Å². The Kier molecular flexibility index (Phi) is 4.27. The van der Waals surface area contributed by atoms with E-state index in [9.17, 15) is 27.1 Å². The molecular weight excluding hydrogens is 291 g/mol. The number of rotatable bonds is 3. The SMILES string of the molecule is OC(Cc1cccc(C(F)(F)F)c1)c1ccc(F)cc1F. The maximum atomic E-state index is 13.5. The molecule has 0 amide bonds. The Morgan fingerprint density at radius 1 is 1.00 bits per heavy atom. The highest BCUT2D eigenvalue weighted by Gasteiger charge is 2.30. The lowest BCUT2D eigenvalue weighted by atomic mass is 9.99. The Hall–Kier alpha value is -1.95. The van der Waals surface area contributed by atoms with Gasteiger partial charge in [0.1, 0.15) is 11.6 Å². The molecule has 0 aliphatic carbocycles. The largest absolute Gasteiger partial charge is 0.416 e. The van der Waals surface area contributed by atoms with Crippen LogP contribution >= 0.6 is 0 Å². The Bertz CT molecular complexity index is 636. The first-order valence-corrected chi connectivity index (χ1v) is 6.06. The Morgan fingerprint density at radius 2 is 1.71 bits per heavy atom. The third kappa shape index (κ3) is 3.78.